The molecule has 0 aliphatic carbocycles. The molecule has 2 heterocycles. The van der Waals surface area contributed by atoms with Crippen LogP contribution in [0, 0.1) is 5.92 Å². The third-order valence-electron chi connectivity index (χ3n) is 4.53. The Morgan fingerprint density at radius 3 is 2.64 bits per heavy atom. The van der Waals surface area contributed by atoms with Gasteiger partial charge in [-0.2, -0.15) is 0 Å². The average Bonchev–Trinajstić information content (AvgIpc) is 3.27. The van der Waals surface area contributed by atoms with Gasteiger partial charge in [0.1, 0.15) is 11.5 Å². The first-order chi connectivity index (χ1) is 13.6. The van der Waals surface area contributed by atoms with E-state index < -0.39 is 9.84 Å². The lowest BCUT2D eigenvalue weighted by molar-refractivity contribution is 0.389. The Kier molecular flexibility index (Phi) is 5.68. The minimum atomic E-state index is -2.89. The fraction of sp³-hybridized carbons (Fsp3) is 0.300. The molecule has 0 bridgehead atoms. The van der Waals surface area contributed by atoms with Crippen LogP contribution in [0.5, 0.6) is 11.5 Å². The topological polar surface area (TPSA) is 82.3 Å². The van der Waals surface area contributed by atoms with E-state index in [2.05, 4.69) is 10.2 Å². The molecule has 4 rings (SSSR count). The normalized spacial score (nSPS) is 18.2. The summed E-state index contributed by atoms with van der Waals surface area (Å²) in [5.41, 5.74) is 1.03. The molecule has 1 aliphatic heterocycles. The molecular weight excluding hydrogens is 396 g/mol. The van der Waals surface area contributed by atoms with Crippen molar-refractivity contribution in [2.45, 2.75) is 23.8 Å². The molecule has 6 nitrogen and oxygen atoms in total. The number of rotatable bonds is 7. The Morgan fingerprint density at radius 2 is 1.86 bits per heavy atom. The first-order valence-electron chi connectivity index (χ1n) is 9.04. The van der Waals surface area contributed by atoms with Crippen LogP contribution in [0.1, 0.15) is 17.9 Å². The maximum absolute atomic E-state index is 11.6. The lowest BCUT2D eigenvalue weighted by Crippen LogP contribution is -2.07. The van der Waals surface area contributed by atoms with Gasteiger partial charge in [0.15, 0.2) is 9.84 Å². The van der Waals surface area contributed by atoms with Gasteiger partial charge in [-0.1, -0.05) is 48.2 Å². The van der Waals surface area contributed by atoms with E-state index in [4.69, 9.17) is 9.15 Å². The van der Waals surface area contributed by atoms with Crippen molar-refractivity contribution in [3.05, 3.63) is 66.1 Å². The number of para-hydroxylation sites is 2. The Bertz CT molecular complexity index is 1040. The summed E-state index contributed by atoms with van der Waals surface area (Å²) in [5.74, 6) is 3.24. The largest absolute Gasteiger partial charge is 0.457 e. The molecule has 0 saturated carbocycles. The number of hydrogen-bond acceptors (Lipinski definition) is 7. The zero-order valence-electron chi connectivity index (χ0n) is 15.2. The van der Waals surface area contributed by atoms with E-state index in [0.29, 0.717) is 29.7 Å². The van der Waals surface area contributed by atoms with Gasteiger partial charge in [0.2, 0.25) is 5.89 Å². The van der Waals surface area contributed by atoms with E-state index in [1.807, 2.05) is 54.6 Å². The van der Waals surface area contributed by atoms with Crippen molar-refractivity contribution in [1.29, 1.82) is 0 Å². The molecule has 8 heteroatoms. The summed E-state index contributed by atoms with van der Waals surface area (Å²) >= 11 is 1.44. The maximum Gasteiger partial charge on any atom is 0.276 e. The van der Waals surface area contributed by atoms with Crippen LogP contribution in [-0.4, -0.2) is 30.1 Å². The van der Waals surface area contributed by atoms with Gasteiger partial charge in [-0.3, -0.25) is 0 Å². The van der Waals surface area contributed by atoms with Gasteiger partial charge in [0.05, 0.1) is 11.5 Å². The van der Waals surface area contributed by atoms with E-state index in [1.54, 1.807) is 0 Å². The summed E-state index contributed by atoms with van der Waals surface area (Å²) < 4.78 is 34.8. The van der Waals surface area contributed by atoms with Gasteiger partial charge in [0.25, 0.3) is 5.22 Å². The van der Waals surface area contributed by atoms with E-state index in [0.717, 1.165) is 17.1 Å². The zero-order chi connectivity index (χ0) is 19.4. The summed E-state index contributed by atoms with van der Waals surface area (Å²) in [6, 6.07) is 17.5. The Balaban J connectivity index is 1.37. The second kappa shape index (κ2) is 8.36. The fourth-order valence-corrected chi connectivity index (χ4v) is 5.77. The molecule has 28 heavy (non-hydrogen) atoms. The quantitative estimate of drug-likeness (QED) is 0.536. The lowest BCUT2D eigenvalue weighted by atomic mass is 10.1. The molecular formula is C20H20N2O4S2. The molecule has 0 spiro atoms. The van der Waals surface area contributed by atoms with Crippen LogP contribution in [0.15, 0.2) is 64.2 Å². The Labute approximate surface area is 168 Å². The van der Waals surface area contributed by atoms with Gasteiger partial charge < -0.3 is 9.15 Å². The number of ether oxygens (including phenoxy) is 1. The van der Waals surface area contributed by atoms with Gasteiger partial charge in [-0.05, 0) is 30.5 Å². The van der Waals surface area contributed by atoms with Gasteiger partial charge in [-0.25, -0.2) is 8.42 Å². The standard InChI is InChI=1S/C20H20N2O4S2/c23-28(24)11-10-15(14-28)12-19-21-22-20(26-19)27-13-16-6-4-5-9-18(16)25-17-7-2-1-3-8-17/h1-9,15H,10-14H2/t15-/m1/s1. The summed E-state index contributed by atoms with van der Waals surface area (Å²) in [7, 11) is -2.89. The zero-order valence-corrected chi connectivity index (χ0v) is 16.8. The van der Waals surface area contributed by atoms with E-state index >= 15 is 0 Å². The summed E-state index contributed by atoms with van der Waals surface area (Å²) in [6.07, 6.45) is 1.18. The van der Waals surface area contributed by atoms with Crippen LogP contribution >= 0.6 is 11.8 Å². The van der Waals surface area contributed by atoms with Crippen molar-refractivity contribution in [3.8, 4) is 11.5 Å². The molecule has 1 fully saturated rings. The van der Waals surface area contributed by atoms with Crippen molar-refractivity contribution in [3.63, 3.8) is 0 Å². The Morgan fingerprint density at radius 1 is 1.07 bits per heavy atom. The fourth-order valence-electron chi connectivity index (χ4n) is 3.14. The lowest BCUT2D eigenvalue weighted by Gasteiger charge is -2.10. The molecule has 0 radical (unpaired) electrons. The van der Waals surface area contributed by atoms with Crippen LogP contribution in [0.4, 0.5) is 0 Å². The van der Waals surface area contributed by atoms with Crippen molar-refractivity contribution in [2.75, 3.05) is 11.5 Å². The number of thioether (sulfide) groups is 1. The predicted octanol–water partition coefficient (Wildman–Crippen LogP) is 4.13. The highest BCUT2D eigenvalue weighted by Gasteiger charge is 2.29. The summed E-state index contributed by atoms with van der Waals surface area (Å²) in [5, 5.41) is 8.62. The second-order valence-corrected chi connectivity index (χ2v) is 9.90. The molecule has 2 aromatic carbocycles. The van der Waals surface area contributed by atoms with Crippen LogP contribution in [0.25, 0.3) is 0 Å². The van der Waals surface area contributed by atoms with Crippen molar-refractivity contribution in [1.82, 2.24) is 10.2 Å². The third-order valence-corrected chi connectivity index (χ3v) is 7.24. The van der Waals surface area contributed by atoms with E-state index in [1.165, 1.54) is 11.8 Å². The van der Waals surface area contributed by atoms with Crippen molar-refractivity contribution in [2.24, 2.45) is 5.92 Å². The highest BCUT2D eigenvalue weighted by atomic mass is 32.2. The van der Waals surface area contributed by atoms with Crippen LogP contribution in [0.2, 0.25) is 0 Å². The number of sulfone groups is 1. The maximum atomic E-state index is 11.6. The van der Waals surface area contributed by atoms with E-state index in [-0.39, 0.29) is 17.4 Å². The molecule has 146 valence electrons. The predicted molar refractivity (Wildman–Crippen MR) is 107 cm³/mol. The molecule has 1 atom stereocenters. The molecule has 3 aromatic rings. The number of benzene rings is 2. The molecule has 0 amide bonds. The van der Waals surface area contributed by atoms with Crippen LogP contribution in [0.3, 0.4) is 0 Å². The highest BCUT2D eigenvalue weighted by molar-refractivity contribution is 7.98. The molecule has 0 unspecified atom stereocenters. The second-order valence-electron chi connectivity index (χ2n) is 6.75. The molecule has 0 N–H and O–H groups in total. The minimum absolute atomic E-state index is 0.0725. The highest BCUT2D eigenvalue weighted by Crippen LogP contribution is 2.31. The Hall–Kier alpha value is -2.32. The monoisotopic (exact) mass is 416 g/mol. The number of hydrogen-bond donors (Lipinski definition) is 0. The van der Waals surface area contributed by atoms with Crippen LogP contribution < -0.4 is 4.74 Å². The number of aromatic nitrogens is 2. The molecule has 1 saturated heterocycles. The summed E-state index contributed by atoms with van der Waals surface area (Å²) in [6.45, 7) is 0. The van der Waals surface area contributed by atoms with E-state index in [9.17, 15) is 8.42 Å². The van der Waals surface area contributed by atoms with Gasteiger partial charge in [0, 0.05) is 17.7 Å². The number of nitrogens with zero attached hydrogens (tertiary/aromatic N) is 2. The summed E-state index contributed by atoms with van der Waals surface area (Å²) in [4.78, 5) is 0. The van der Waals surface area contributed by atoms with Crippen LogP contribution in [-0.2, 0) is 22.0 Å². The SMILES string of the molecule is O=S1(=O)CC[C@H](Cc2nnc(SCc3ccccc3Oc3ccccc3)o2)C1. The first-order valence-corrected chi connectivity index (χ1v) is 11.8. The first kappa shape index (κ1) is 19.0. The average molecular weight is 417 g/mol. The molecule has 1 aliphatic rings. The minimum Gasteiger partial charge on any atom is -0.457 e. The van der Waals surface area contributed by atoms with Crippen molar-refractivity contribution < 1.29 is 17.6 Å². The molecule has 1 aromatic heterocycles. The smallest absolute Gasteiger partial charge is 0.276 e. The third kappa shape index (κ3) is 4.94. The van der Waals surface area contributed by atoms with Crippen molar-refractivity contribution >= 4 is 21.6 Å². The van der Waals surface area contributed by atoms with Gasteiger partial charge >= 0.3 is 0 Å². The van der Waals surface area contributed by atoms with Gasteiger partial charge in [-0.15, -0.1) is 10.2 Å².